The highest BCUT2D eigenvalue weighted by Crippen LogP contribution is 2.48. The van der Waals surface area contributed by atoms with Crippen molar-refractivity contribution >= 4 is 16.9 Å². The van der Waals surface area contributed by atoms with Gasteiger partial charge in [-0.1, -0.05) is 0 Å². The lowest BCUT2D eigenvalue weighted by Gasteiger charge is -2.52. The van der Waals surface area contributed by atoms with Crippen molar-refractivity contribution in [3.8, 4) is 0 Å². The Labute approximate surface area is 152 Å². The topological polar surface area (TPSA) is 73.2 Å². The molecular formula is C20H25N3O3. The molecule has 26 heavy (non-hydrogen) atoms. The molecule has 4 rings (SSSR count). The van der Waals surface area contributed by atoms with E-state index in [1.165, 1.54) is 0 Å². The van der Waals surface area contributed by atoms with Gasteiger partial charge in [0.2, 0.25) is 5.43 Å². The molecule has 2 aromatic rings. The van der Waals surface area contributed by atoms with Gasteiger partial charge in [-0.2, -0.15) is 0 Å². The Bertz CT molecular complexity index is 912. The predicted octanol–water partition coefficient (Wildman–Crippen LogP) is 2.41. The molecule has 138 valence electrons. The fraction of sp³-hybridized carbons (Fsp3) is 0.550. The number of fused-ring (bicyclic) bond motifs is 1. The van der Waals surface area contributed by atoms with Crippen LogP contribution in [0.25, 0.3) is 11.0 Å². The van der Waals surface area contributed by atoms with Crippen LogP contribution in [0.3, 0.4) is 0 Å². The van der Waals surface area contributed by atoms with Crippen molar-refractivity contribution in [3.63, 3.8) is 0 Å². The first-order valence-corrected chi connectivity index (χ1v) is 9.43. The van der Waals surface area contributed by atoms with Crippen molar-refractivity contribution < 1.29 is 9.53 Å². The molecule has 1 aliphatic heterocycles. The van der Waals surface area contributed by atoms with Crippen molar-refractivity contribution in [1.82, 2.24) is 14.9 Å². The van der Waals surface area contributed by atoms with Crippen LogP contribution in [0.5, 0.6) is 0 Å². The number of rotatable bonds is 3. The molecule has 0 radical (unpaired) electrons. The maximum absolute atomic E-state index is 12.9. The van der Waals surface area contributed by atoms with Crippen LogP contribution in [-0.2, 0) is 11.3 Å². The van der Waals surface area contributed by atoms with Crippen molar-refractivity contribution in [1.29, 1.82) is 0 Å². The summed E-state index contributed by atoms with van der Waals surface area (Å²) in [5, 5.41) is 3.63. The van der Waals surface area contributed by atoms with E-state index < -0.39 is 0 Å². The van der Waals surface area contributed by atoms with Gasteiger partial charge in [0.15, 0.2) is 0 Å². The number of hydrogen-bond donors (Lipinski definition) is 1. The van der Waals surface area contributed by atoms with Gasteiger partial charge < -0.3 is 14.6 Å². The number of pyridine rings is 2. The van der Waals surface area contributed by atoms with Gasteiger partial charge in [0, 0.05) is 37.7 Å². The first kappa shape index (κ1) is 17.2. The van der Waals surface area contributed by atoms with Crippen LogP contribution in [0.1, 0.15) is 48.7 Å². The van der Waals surface area contributed by atoms with Gasteiger partial charge >= 0.3 is 0 Å². The van der Waals surface area contributed by atoms with E-state index in [1.807, 2.05) is 24.5 Å². The van der Waals surface area contributed by atoms with Crippen LogP contribution in [0.4, 0.5) is 0 Å². The SMILES string of the molecule is CCn1cc(C(=O)NC2CCC23CCOCC3)c(=O)c2ccc(C)nc21. The lowest BCUT2D eigenvalue weighted by Crippen LogP contribution is -2.57. The zero-order chi connectivity index (χ0) is 18.3. The van der Waals surface area contributed by atoms with Crippen LogP contribution in [-0.4, -0.2) is 34.7 Å². The Morgan fingerprint density at radius 2 is 2.12 bits per heavy atom. The fourth-order valence-corrected chi connectivity index (χ4v) is 4.30. The van der Waals surface area contributed by atoms with Gasteiger partial charge in [0.05, 0.1) is 5.39 Å². The minimum Gasteiger partial charge on any atom is -0.381 e. The maximum atomic E-state index is 12.9. The third kappa shape index (κ3) is 2.72. The van der Waals surface area contributed by atoms with Gasteiger partial charge in [-0.15, -0.1) is 0 Å². The second-order valence-corrected chi connectivity index (χ2v) is 7.52. The molecular weight excluding hydrogens is 330 g/mol. The smallest absolute Gasteiger partial charge is 0.257 e. The fourth-order valence-electron chi connectivity index (χ4n) is 4.30. The highest BCUT2D eigenvalue weighted by atomic mass is 16.5. The van der Waals surface area contributed by atoms with Crippen LogP contribution in [0, 0.1) is 12.3 Å². The van der Waals surface area contributed by atoms with Crippen LogP contribution < -0.4 is 10.7 Å². The normalized spacial score (nSPS) is 21.5. The molecule has 1 saturated carbocycles. The van der Waals surface area contributed by atoms with Gasteiger partial charge in [-0.25, -0.2) is 4.98 Å². The number of carbonyl (C=O) groups is 1. The van der Waals surface area contributed by atoms with Crippen molar-refractivity contribution in [3.05, 3.63) is 39.8 Å². The zero-order valence-corrected chi connectivity index (χ0v) is 15.4. The molecule has 1 amide bonds. The summed E-state index contributed by atoms with van der Waals surface area (Å²) < 4.78 is 7.35. The van der Waals surface area contributed by atoms with Crippen molar-refractivity contribution in [2.24, 2.45) is 5.41 Å². The van der Waals surface area contributed by atoms with E-state index in [9.17, 15) is 9.59 Å². The molecule has 2 aromatic heterocycles. The first-order chi connectivity index (χ1) is 12.5. The molecule has 2 fully saturated rings. The van der Waals surface area contributed by atoms with E-state index in [-0.39, 0.29) is 28.4 Å². The van der Waals surface area contributed by atoms with Gasteiger partial charge in [0.1, 0.15) is 11.2 Å². The highest BCUT2D eigenvalue weighted by molar-refractivity contribution is 5.97. The summed E-state index contributed by atoms with van der Waals surface area (Å²) in [7, 11) is 0. The summed E-state index contributed by atoms with van der Waals surface area (Å²) in [5.41, 5.74) is 1.62. The number of carbonyl (C=O) groups excluding carboxylic acids is 1. The number of aryl methyl sites for hydroxylation is 2. The molecule has 1 saturated heterocycles. The Morgan fingerprint density at radius 1 is 1.35 bits per heavy atom. The van der Waals surface area contributed by atoms with Crippen molar-refractivity contribution in [2.75, 3.05) is 13.2 Å². The number of ether oxygens (including phenoxy) is 1. The van der Waals surface area contributed by atoms with Crippen molar-refractivity contribution in [2.45, 2.75) is 52.1 Å². The maximum Gasteiger partial charge on any atom is 0.257 e. The summed E-state index contributed by atoms with van der Waals surface area (Å²) in [4.78, 5) is 30.2. The van der Waals surface area contributed by atoms with E-state index >= 15 is 0 Å². The summed E-state index contributed by atoms with van der Waals surface area (Å²) in [6, 6.07) is 3.72. The van der Waals surface area contributed by atoms with Crippen LogP contribution in [0.2, 0.25) is 0 Å². The molecule has 3 heterocycles. The molecule has 1 unspecified atom stereocenters. The van der Waals surface area contributed by atoms with E-state index in [4.69, 9.17) is 4.74 Å². The summed E-state index contributed by atoms with van der Waals surface area (Å²) in [6.45, 7) is 6.05. The average Bonchev–Trinajstić information content (AvgIpc) is 2.66. The molecule has 0 aromatic carbocycles. The van der Waals surface area contributed by atoms with Gasteiger partial charge in [-0.3, -0.25) is 9.59 Å². The standard InChI is InChI=1S/C20H25N3O3/c1-3-23-12-15(17(24)14-5-4-13(2)21-18(14)23)19(25)22-16-6-7-20(16)8-10-26-11-9-20/h4-5,12,16H,3,6-11H2,1-2H3,(H,22,25). The van der Waals surface area contributed by atoms with Gasteiger partial charge in [-0.05, 0) is 57.1 Å². The number of hydrogen-bond acceptors (Lipinski definition) is 4. The molecule has 1 spiro atoms. The third-order valence-corrected chi connectivity index (χ3v) is 6.11. The minimum atomic E-state index is -0.268. The molecule has 2 aliphatic rings. The molecule has 6 heteroatoms. The van der Waals surface area contributed by atoms with Crippen LogP contribution >= 0.6 is 0 Å². The highest BCUT2D eigenvalue weighted by Gasteiger charge is 2.48. The summed E-state index contributed by atoms with van der Waals surface area (Å²) in [6.07, 6.45) is 5.72. The lowest BCUT2D eigenvalue weighted by atomic mass is 9.60. The monoisotopic (exact) mass is 355 g/mol. The number of nitrogens with zero attached hydrogens (tertiary/aromatic N) is 2. The van der Waals surface area contributed by atoms with E-state index in [0.29, 0.717) is 17.6 Å². The Morgan fingerprint density at radius 3 is 2.77 bits per heavy atom. The molecule has 6 nitrogen and oxygen atoms in total. The number of aromatic nitrogens is 2. The number of amides is 1. The largest absolute Gasteiger partial charge is 0.381 e. The van der Waals surface area contributed by atoms with E-state index in [1.54, 1.807) is 12.3 Å². The Kier molecular flexibility index (Phi) is 4.31. The molecule has 1 N–H and O–H groups in total. The van der Waals surface area contributed by atoms with Gasteiger partial charge in [0.25, 0.3) is 5.91 Å². The first-order valence-electron chi connectivity index (χ1n) is 9.43. The minimum absolute atomic E-state index is 0.139. The van der Waals surface area contributed by atoms with E-state index in [0.717, 1.165) is 44.6 Å². The average molecular weight is 355 g/mol. The zero-order valence-electron chi connectivity index (χ0n) is 15.4. The predicted molar refractivity (Wildman–Crippen MR) is 99.4 cm³/mol. The molecule has 1 atom stereocenters. The quantitative estimate of drug-likeness (QED) is 0.918. The molecule has 0 bridgehead atoms. The number of nitrogens with one attached hydrogen (secondary N) is 1. The van der Waals surface area contributed by atoms with Crippen LogP contribution in [0.15, 0.2) is 23.1 Å². The molecule has 1 aliphatic carbocycles. The second kappa shape index (κ2) is 6.50. The summed E-state index contributed by atoms with van der Waals surface area (Å²) >= 11 is 0. The lowest BCUT2D eigenvalue weighted by molar-refractivity contribution is -0.0523. The van der Waals surface area contributed by atoms with E-state index in [2.05, 4.69) is 10.3 Å². The second-order valence-electron chi connectivity index (χ2n) is 7.52. The Balaban J connectivity index is 1.66. The Hall–Kier alpha value is -2.21. The third-order valence-electron chi connectivity index (χ3n) is 6.11. The summed E-state index contributed by atoms with van der Waals surface area (Å²) in [5.74, 6) is -0.268.